The van der Waals surface area contributed by atoms with Crippen molar-refractivity contribution in [3.05, 3.63) is 71.0 Å². The van der Waals surface area contributed by atoms with Crippen LogP contribution in [0.15, 0.2) is 54.1 Å². The van der Waals surface area contributed by atoms with E-state index in [-0.39, 0.29) is 24.0 Å². The Kier molecular flexibility index (Phi) is 6.30. The molecule has 1 N–H and O–H groups in total. The molecule has 0 aliphatic rings. The minimum atomic E-state index is -0.425. The molecule has 0 aliphatic heterocycles. The van der Waals surface area contributed by atoms with Crippen molar-refractivity contribution in [3.8, 4) is 11.8 Å². The van der Waals surface area contributed by atoms with Crippen LogP contribution in [0.2, 0.25) is 0 Å². The highest BCUT2D eigenvalue weighted by Gasteiger charge is 2.11. The van der Waals surface area contributed by atoms with Gasteiger partial charge in [0.25, 0.3) is 5.91 Å². The number of carbonyl (C=O) groups excluding carboxylic acids is 1. The second kappa shape index (κ2) is 8.65. The van der Waals surface area contributed by atoms with Crippen LogP contribution in [0.3, 0.4) is 0 Å². The normalized spacial score (nSPS) is 11.1. The van der Waals surface area contributed by atoms with Crippen LogP contribution >= 0.6 is 0 Å². The van der Waals surface area contributed by atoms with Gasteiger partial charge in [-0.1, -0.05) is 30.3 Å². The molecule has 2 aromatic rings. The van der Waals surface area contributed by atoms with Crippen molar-refractivity contribution >= 4 is 12.0 Å². The third-order valence-electron chi connectivity index (χ3n) is 3.31. The molecule has 0 bridgehead atoms. The number of halogens is 1. The van der Waals surface area contributed by atoms with E-state index in [1.54, 1.807) is 36.4 Å². The summed E-state index contributed by atoms with van der Waals surface area (Å²) in [6.45, 7) is 3.91. The van der Waals surface area contributed by atoms with Crippen LogP contribution in [0, 0.1) is 17.1 Å². The van der Waals surface area contributed by atoms with E-state index in [4.69, 9.17) is 4.74 Å². The highest BCUT2D eigenvalue weighted by Crippen LogP contribution is 2.22. The number of ether oxygens (including phenoxy) is 1. The molecule has 128 valence electrons. The first kappa shape index (κ1) is 18.2. The van der Waals surface area contributed by atoms with Crippen molar-refractivity contribution in [3.63, 3.8) is 0 Å². The first-order valence-electron chi connectivity index (χ1n) is 7.88. The van der Waals surface area contributed by atoms with E-state index in [0.717, 1.165) is 5.56 Å². The van der Waals surface area contributed by atoms with Gasteiger partial charge in [0.1, 0.15) is 29.8 Å². The third-order valence-corrected chi connectivity index (χ3v) is 3.31. The Labute approximate surface area is 146 Å². The summed E-state index contributed by atoms with van der Waals surface area (Å²) >= 11 is 0. The van der Waals surface area contributed by atoms with Crippen LogP contribution in [0.5, 0.6) is 5.75 Å². The van der Waals surface area contributed by atoms with Gasteiger partial charge in [0.2, 0.25) is 0 Å². The number of nitrogens with zero attached hydrogens (tertiary/aromatic N) is 1. The van der Waals surface area contributed by atoms with Gasteiger partial charge in [-0.25, -0.2) is 4.39 Å². The topological polar surface area (TPSA) is 62.1 Å². The largest absolute Gasteiger partial charge is 0.488 e. The molecule has 1 amide bonds. The quantitative estimate of drug-likeness (QED) is 0.643. The van der Waals surface area contributed by atoms with Crippen molar-refractivity contribution in [2.24, 2.45) is 0 Å². The lowest BCUT2D eigenvalue weighted by molar-refractivity contribution is -0.117. The highest BCUT2D eigenvalue weighted by molar-refractivity contribution is 6.02. The number of carbonyl (C=O) groups is 1. The van der Waals surface area contributed by atoms with Gasteiger partial charge in [-0.3, -0.25) is 4.79 Å². The lowest BCUT2D eigenvalue weighted by Gasteiger charge is -2.10. The summed E-state index contributed by atoms with van der Waals surface area (Å²) in [5.74, 6) is -0.190. The molecule has 0 saturated carbocycles. The van der Waals surface area contributed by atoms with Gasteiger partial charge in [0.15, 0.2) is 0 Å². The van der Waals surface area contributed by atoms with E-state index in [9.17, 15) is 14.4 Å². The zero-order valence-electron chi connectivity index (χ0n) is 14.1. The van der Waals surface area contributed by atoms with Gasteiger partial charge < -0.3 is 10.1 Å². The van der Waals surface area contributed by atoms with Crippen molar-refractivity contribution < 1.29 is 13.9 Å². The van der Waals surface area contributed by atoms with E-state index < -0.39 is 5.91 Å². The minimum Gasteiger partial charge on any atom is -0.488 e. The maximum absolute atomic E-state index is 12.9. The van der Waals surface area contributed by atoms with E-state index in [1.807, 2.05) is 19.9 Å². The number of para-hydroxylation sites is 1. The molecule has 0 atom stereocenters. The van der Waals surface area contributed by atoms with E-state index in [0.29, 0.717) is 11.3 Å². The number of hydrogen-bond acceptors (Lipinski definition) is 3. The fourth-order valence-corrected chi connectivity index (χ4v) is 2.12. The molecule has 4 nitrogen and oxygen atoms in total. The van der Waals surface area contributed by atoms with Crippen LogP contribution < -0.4 is 10.1 Å². The molecule has 0 saturated heterocycles. The Morgan fingerprint density at radius 2 is 1.92 bits per heavy atom. The molecule has 0 radical (unpaired) electrons. The molecule has 0 spiro atoms. The fraction of sp³-hybridized carbons (Fsp3) is 0.200. The maximum atomic E-state index is 12.9. The van der Waals surface area contributed by atoms with Crippen LogP contribution in [0.4, 0.5) is 4.39 Å². The molecule has 0 heterocycles. The van der Waals surface area contributed by atoms with E-state index >= 15 is 0 Å². The average molecular weight is 338 g/mol. The average Bonchev–Trinajstić information content (AvgIpc) is 2.59. The number of hydrogen-bond donors (Lipinski definition) is 1. The van der Waals surface area contributed by atoms with Gasteiger partial charge in [-0.15, -0.1) is 0 Å². The van der Waals surface area contributed by atoms with Crippen LogP contribution in [0.1, 0.15) is 25.0 Å². The zero-order chi connectivity index (χ0) is 18.2. The van der Waals surface area contributed by atoms with Crippen molar-refractivity contribution in [2.45, 2.75) is 26.5 Å². The smallest absolute Gasteiger partial charge is 0.262 e. The standard InChI is InChI=1S/C20H19FN2O2/c1-14(2)23-20(24)17(12-22)11-16-5-3-4-6-19(16)25-13-15-7-9-18(21)10-8-15/h3-11,14H,13H2,1-2H3,(H,23,24)/b17-11-. The molecule has 5 heteroatoms. The number of amides is 1. The summed E-state index contributed by atoms with van der Waals surface area (Å²) in [5.41, 5.74) is 1.45. The maximum Gasteiger partial charge on any atom is 0.262 e. The Bertz CT molecular complexity index is 805. The number of rotatable bonds is 6. The van der Waals surface area contributed by atoms with Crippen LogP contribution in [-0.4, -0.2) is 11.9 Å². The van der Waals surface area contributed by atoms with Crippen LogP contribution in [-0.2, 0) is 11.4 Å². The van der Waals surface area contributed by atoms with Gasteiger partial charge in [0, 0.05) is 11.6 Å². The molecule has 0 aliphatic carbocycles. The molecular formula is C20H19FN2O2. The first-order valence-corrected chi connectivity index (χ1v) is 7.88. The molecule has 0 unspecified atom stereocenters. The zero-order valence-corrected chi connectivity index (χ0v) is 14.1. The summed E-state index contributed by atoms with van der Waals surface area (Å²) in [6.07, 6.45) is 1.50. The Balaban J connectivity index is 2.19. The van der Waals surface area contributed by atoms with Gasteiger partial charge in [-0.2, -0.15) is 5.26 Å². The Morgan fingerprint density at radius 1 is 1.24 bits per heavy atom. The van der Waals surface area contributed by atoms with Gasteiger partial charge >= 0.3 is 0 Å². The van der Waals surface area contributed by atoms with Crippen molar-refractivity contribution in [2.75, 3.05) is 0 Å². The highest BCUT2D eigenvalue weighted by atomic mass is 19.1. The predicted octanol–water partition coefficient (Wildman–Crippen LogP) is 3.84. The summed E-state index contributed by atoms with van der Waals surface area (Å²) < 4.78 is 18.7. The lowest BCUT2D eigenvalue weighted by atomic mass is 10.1. The molecule has 2 rings (SSSR count). The van der Waals surface area contributed by atoms with E-state index in [1.165, 1.54) is 18.2 Å². The molecule has 0 aromatic heterocycles. The van der Waals surface area contributed by atoms with Crippen molar-refractivity contribution in [1.29, 1.82) is 5.26 Å². The molecule has 2 aromatic carbocycles. The second-order valence-corrected chi connectivity index (χ2v) is 5.75. The van der Waals surface area contributed by atoms with E-state index in [2.05, 4.69) is 5.32 Å². The summed E-state index contributed by atoms with van der Waals surface area (Å²) in [6, 6.07) is 15.0. The number of nitriles is 1. The Morgan fingerprint density at radius 3 is 2.56 bits per heavy atom. The van der Waals surface area contributed by atoms with Gasteiger partial charge in [0.05, 0.1) is 0 Å². The fourth-order valence-electron chi connectivity index (χ4n) is 2.12. The number of benzene rings is 2. The molecular weight excluding hydrogens is 319 g/mol. The lowest BCUT2D eigenvalue weighted by Crippen LogP contribution is -2.30. The summed E-state index contributed by atoms with van der Waals surface area (Å²) in [5, 5.41) is 11.9. The second-order valence-electron chi connectivity index (χ2n) is 5.75. The Hall–Kier alpha value is -3.13. The molecule has 0 fully saturated rings. The monoisotopic (exact) mass is 338 g/mol. The molecule has 25 heavy (non-hydrogen) atoms. The van der Waals surface area contributed by atoms with Crippen LogP contribution in [0.25, 0.3) is 6.08 Å². The van der Waals surface area contributed by atoms with Crippen molar-refractivity contribution in [1.82, 2.24) is 5.32 Å². The third kappa shape index (κ3) is 5.47. The summed E-state index contributed by atoms with van der Waals surface area (Å²) in [7, 11) is 0. The van der Waals surface area contributed by atoms with Gasteiger partial charge in [-0.05, 0) is 43.7 Å². The summed E-state index contributed by atoms with van der Waals surface area (Å²) in [4.78, 5) is 12.0. The predicted molar refractivity (Wildman–Crippen MR) is 94.0 cm³/mol. The minimum absolute atomic E-state index is 0.00605. The SMILES string of the molecule is CC(C)NC(=O)/C(C#N)=C\c1ccccc1OCc1ccc(F)cc1. The first-order chi connectivity index (χ1) is 12.0. The number of nitrogens with one attached hydrogen (secondary N) is 1.